The fourth-order valence-electron chi connectivity index (χ4n) is 1.08. The van der Waals surface area contributed by atoms with Gasteiger partial charge in [-0.3, -0.25) is 10.4 Å². The van der Waals surface area contributed by atoms with Crippen molar-refractivity contribution in [3.63, 3.8) is 0 Å². The fourth-order valence-corrected chi connectivity index (χ4v) is 1.99. The van der Waals surface area contributed by atoms with Crippen LogP contribution in [-0.2, 0) is 5.75 Å². The third-order valence-corrected chi connectivity index (χ3v) is 3.71. The van der Waals surface area contributed by atoms with Gasteiger partial charge in [0.15, 0.2) is 0 Å². The van der Waals surface area contributed by atoms with Crippen molar-refractivity contribution in [2.45, 2.75) is 31.0 Å². The average molecular weight is 239 g/mol. The molecule has 0 amide bonds. The Morgan fingerprint density at radius 2 is 2.31 bits per heavy atom. The van der Waals surface area contributed by atoms with Gasteiger partial charge in [0.05, 0.1) is 6.10 Å². The highest BCUT2D eigenvalue weighted by atomic mass is 32.2. The molecule has 4 nitrogen and oxygen atoms in total. The molecule has 16 heavy (non-hydrogen) atoms. The number of aromatic nitrogens is 1. The molecule has 88 valence electrons. The van der Waals surface area contributed by atoms with E-state index in [4.69, 9.17) is 11.1 Å². The van der Waals surface area contributed by atoms with Crippen molar-refractivity contribution in [1.29, 1.82) is 5.41 Å². The van der Waals surface area contributed by atoms with Crippen LogP contribution in [0, 0.1) is 5.41 Å². The first-order valence-electron chi connectivity index (χ1n) is 5.09. The van der Waals surface area contributed by atoms with E-state index in [-0.39, 0.29) is 17.2 Å². The van der Waals surface area contributed by atoms with Crippen LogP contribution in [0.5, 0.6) is 0 Å². The number of thioether (sulfide) groups is 1. The molecule has 2 atom stereocenters. The Balaban J connectivity index is 2.61. The molecule has 1 heterocycles. The van der Waals surface area contributed by atoms with Crippen LogP contribution in [0.1, 0.15) is 25.1 Å². The highest BCUT2D eigenvalue weighted by Crippen LogP contribution is 2.20. The van der Waals surface area contributed by atoms with Crippen molar-refractivity contribution in [2.75, 3.05) is 0 Å². The number of nitrogen functional groups attached to an aromatic ring is 1. The molecule has 0 bridgehead atoms. The molecule has 0 spiro atoms. The average Bonchev–Trinajstić information content (AvgIpc) is 2.26. The van der Waals surface area contributed by atoms with E-state index < -0.39 is 0 Å². The summed E-state index contributed by atoms with van der Waals surface area (Å²) in [6.07, 6.45) is 1.33. The third-order valence-electron chi connectivity index (χ3n) is 2.29. The molecule has 4 N–H and O–H groups in total. The van der Waals surface area contributed by atoms with Crippen molar-refractivity contribution in [3.8, 4) is 0 Å². The van der Waals surface area contributed by atoms with Gasteiger partial charge in [-0.05, 0) is 24.6 Å². The number of aliphatic hydroxyl groups is 1. The van der Waals surface area contributed by atoms with Gasteiger partial charge in [0, 0.05) is 17.2 Å². The minimum atomic E-state index is -0.320. The smallest absolute Gasteiger partial charge is 0.141 e. The lowest BCUT2D eigenvalue weighted by molar-refractivity contribution is 0.196. The second-order valence-corrected chi connectivity index (χ2v) is 5.09. The van der Waals surface area contributed by atoms with E-state index >= 15 is 0 Å². The number of hydrogen-bond acceptors (Lipinski definition) is 4. The molecular weight excluding hydrogens is 222 g/mol. The minimum absolute atomic E-state index is 0.0181. The van der Waals surface area contributed by atoms with Gasteiger partial charge in [-0.1, -0.05) is 6.92 Å². The van der Waals surface area contributed by atoms with Crippen LogP contribution in [0.3, 0.4) is 0 Å². The second-order valence-electron chi connectivity index (χ2n) is 3.72. The summed E-state index contributed by atoms with van der Waals surface area (Å²) in [5.74, 6) is 0.768. The normalized spacial score (nSPS) is 14.4. The summed E-state index contributed by atoms with van der Waals surface area (Å²) in [6, 6.07) is 3.71. The number of nitrogens with one attached hydrogen (secondary N) is 1. The lowest BCUT2D eigenvalue weighted by Gasteiger charge is -2.13. The Hall–Kier alpha value is -1.07. The molecule has 0 aromatic carbocycles. The van der Waals surface area contributed by atoms with Crippen molar-refractivity contribution >= 4 is 17.6 Å². The Labute approximate surface area is 99.8 Å². The Bertz CT molecular complexity index is 368. The standard InChI is InChI=1S/C11H17N3OS/c1-7(15)8(2)16-6-9-3-4-14-10(5-9)11(12)13/h3-5,7-8,15H,6H2,1-2H3,(H3,12,13). The number of nitrogens with two attached hydrogens (primary N) is 1. The van der Waals surface area contributed by atoms with Crippen LogP contribution in [0.15, 0.2) is 18.3 Å². The van der Waals surface area contributed by atoms with Gasteiger partial charge in [0.2, 0.25) is 0 Å². The molecule has 0 aliphatic carbocycles. The topological polar surface area (TPSA) is 83.0 Å². The zero-order chi connectivity index (χ0) is 12.1. The van der Waals surface area contributed by atoms with Crippen LogP contribution in [0.4, 0.5) is 0 Å². The van der Waals surface area contributed by atoms with E-state index in [0.717, 1.165) is 11.3 Å². The first kappa shape index (κ1) is 13.0. The van der Waals surface area contributed by atoms with E-state index in [1.54, 1.807) is 24.9 Å². The van der Waals surface area contributed by atoms with E-state index in [9.17, 15) is 5.11 Å². The molecule has 2 unspecified atom stereocenters. The maximum Gasteiger partial charge on any atom is 0.141 e. The predicted octanol–water partition coefficient (Wildman–Crippen LogP) is 1.37. The maximum atomic E-state index is 9.35. The second kappa shape index (κ2) is 5.86. The van der Waals surface area contributed by atoms with Gasteiger partial charge in [0.25, 0.3) is 0 Å². The monoisotopic (exact) mass is 239 g/mol. The summed E-state index contributed by atoms with van der Waals surface area (Å²) in [6.45, 7) is 3.77. The van der Waals surface area contributed by atoms with E-state index in [1.165, 1.54) is 0 Å². The van der Waals surface area contributed by atoms with Crippen LogP contribution in [0.2, 0.25) is 0 Å². The highest BCUT2D eigenvalue weighted by molar-refractivity contribution is 7.99. The summed E-state index contributed by atoms with van der Waals surface area (Å²) in [4.78, 5) is 3.99. The Morgan fingerprint density at radius 3 is 2.88 bits per heavy atom. The zero-order valence-electron chi connectivity index (χ0n) is 9.47. The van der Waals surface area contributed by atoms with Crippen LogP contribution < -0.4 is 5.73 Å². The van der Waals surface area contributed by atoms with Crippen LogP contribution in [0.25, 0.3) is 0 Å². The third kappa shape index (κ3) is 3.83. The molecule has 0 aliphatic heterocycles. The maximum absolute atomic E-state index is 9.35. The Morgan fingerprint density at radius 1 is 1.62 bits per heavy atom. The van der Waals surface area contributed by atoms with E-state index in [2.05, 4.69) is 4.98 Å². The lowest BCUT2D eigenvalue weighted by Crippen LogP contribution is -2.15. The first-order valence-corrected chi connectivity index (χ1v) is 6.14. The van der Waals surface area contributed by atoms with Crippen molar-refractivity contribution in [2.24, 2.45) is 5.73 Å². The zero-order valence-corrected chi connectivity index (χ0v) is 10.3. The van der Waals surface area contributed by atoms with E-state index in [1.807, 2.05) is 19.1 Å². The van der Waals surface area contributed by atoms with Gasteiger partial charge < -0.3 is 10.8 Å². The lowest BCUT2D eigenvalue weighted by atomic mass is 10.2. The van der Waals surface area contributed by atoms with Crippen LogP contribution >= 0.6 is 11.8 Å². The molecular formula is C11H17N3OS. The summed E-state index contributed by atoms with van der Waals surface area (Å²) < 4.78 is 0. The predicted molar refractivity (Wildman–Crippen MR) is 67.7 cm³/mol. The molecule has 1 aromatic heterocycles. The minimum Gasteiger partial charge on any atom is -0.392 e. The SMILES string of the molecule is CC(O)C(C)SCc1ccnc(C(=N)N)c1. The molecule has 0 fully saturated rings. The largest absolute Gasteiger partial charge is 0.392 e. The van der Waals surface area contributed by atoms with Gasteiger partial charge in [-0.15, -0.1) is 0 Å². The summed E-state index contributed by atoms with van der Waals surface area (Å²) in [5, 5.41) is 16.8. The fraction of sp³-hybridized carbons (Fsp3) is 0.455. The van der Waals surface area contributed by atoms with Crippen molar-refractivity contribution in [1.82, 2.24) is 4.98 Å². The number of nitrogens with zero attached hydrogens (tertiary/aromatic N) is 1. The molecule has 0 aliphatic rings. The van der Waals surface area contributed by atoms with E-state index in [0.29, 0.717) is 5.69 Å². The van der Waals surface area contributed by atoms with Gasteiger partial charge in [-0.25, -0.2) is 0 Å². The number of amidine groups is 1. The number of rotatable bonds is 5. The molecule has 0 saturated heterocycles. The van der Waals surface area contributed by atoms with Crippen LogP contribution in [-0.4, -0.2) is 27.3 Å². The highest BCUT2D eigenvalue weighted by Gasteiger charge is 2.09. The summed E-state index contributed by atoms with van der Waals surface area (Å²) in [7, 11) is 0. The molecule has 0 saturated carbocycles. The van der Waals surface area contributed by atoms with Gasteiger partial charge in [0.1, 0.15) is 11.5 Å². The van der Waals surface area contributed by atoms with Crippen molar-refractivity contribution in [3.05, 3.63) is 29.6 Å². The van der Waals surface area contributed by atoms with Crippen molar-refractivity contribution < 1.29 is 5.11 Å². The molecule has 0 radical (unpaired) electrons. The Kier molecular flexibility index (Phi) is 4.76. The molecule has 5 heteroatoms. The molecule has 1 rings (SSSR count). The number of aliphatic hydroxyl groups excluding tert-OH is 1. The summed E-state index contributed by atoms with van der Waals surface area (Å²) >= 11 is 1.67. The molecule has 1 aromatic rings. The first-order chi connectivity index (χ1) is 7.50. The number of hydrogen-bond donors (Lipinski definition) is 3. The quantitative estimate of drug-likeness (QED) is 0.535. The number of pyridine rings is 1. The van der Waals surface area contributed by atoms with Gasteiger partial charge >= 0.3 is 0 Å². The van der Waals surface area contributed by atoms with Gasteiger partial charge in [-0.2, -0.15) is 11.8 Å². The summed E-state index contributed by atoms with van der Waals surface area (Å²) in [5.41, 5.74) is 6.93.